The lowest BCUT2D eigenvalue weighted by atomic mass is 9.78. The van der Waals surface area contributed by atoms with Crippen LogP contribution in [0.2, 0.25) is 0 Å². The van der Waals surface area contributed by atoms with E-state index in [9.17, 15) is 4.79 Å². The quantitative estimate of drug-likeness (QED) is 0.618. The molecule has 0 amide bonds. The van der Waals surface area contributed by atoms with Crippen molar-refractivity contribution in [3.8, 4) is 0 Å². The minimum Gasteiger partial charge on any atom is -0.299 e. The molecule has 0 aromatic heterocycles. The van der Waals surface area contributed by atoms with Gasteiger partial charge in [-0.25, -0.2) is 0 Å². The Balaban J connectivity index is 4.09. The van der Waals surface area contributed by atoms with Crippen LogP contribution in [-0.4, -0.2) is 5.78 Å². The predicted octanol–water partition coefficient (Wildman–Crippen LogP) is 3.43. The Kier molecular flexibility index (Phi) is 4.51. The standard InChI is InChI=1S/C11H22O/c1-6-7-8-11(4,5)10(12)9(2)3/h9H,6-8H2,1-5H3. The van der Waals surface area contributed by atoms with Crippen LogP contribution in [0, 0.1) is 11.3 Å². The van der Waals surface area contributed by atoms with Crippen LogP contribution < -0.4 is 0 Å². The highest BCUT2D eigenvalue weighted by Gasteiger charge is 2.28. The molecule has 0 saturated heterocycles. The van der Waals surface area contributed by atoms with Crippen LogP contribution in [-0.2, 0) is 4.79 Å². The fourth-order valence-corrected chi connectivity index (χ4v) is 1.52. The van der Waals surface area contributed by atoms with Crippen molar-refractivity contribution in [2.24, 2.45) is 11.3 Å². The minimum absolute atomic E-state index is 0.107. The molecule has 0 N–H and O–H groups in total. The number of hydrogen-bond acceptors (Lipinski definition) is 1. The van der Waals surface area contributed by atoms with Gasteiger partial charge in [0, 0.05) is 11.3 Å². The fraction of sp³-hybridized carbons (Fsp3) is 0.909. The smallest absolute Gasteiger partial charge is 0.140 e. The van der Waals surface area contributed by atoms with Crippen LogP contribution in [0.3, 0.4) is 0 Å². The molecule has 12 heavy (non-hydrogen) atoms. The normalized spacial score (nSPS) is 12.2. The molecule has 72 valence electrons. The average molecular weight is 170 g/mol. The highest BCUT2D eigenvalue weighted by atomic mass is 16.1. The van der Waals surface area contributed by atoms with E-state index in [4.69, 9.17) is 0 Å². The zero-order valence-electron chi connectivity index (χ0n) is 9.11. The van der Waals surface area contributed by atoms with E-state index in [1.165, 1.54) is 6.42 Å². The first-order valence-electron chi connectivity index (χ1n) is 4.96. The Morgan fingerprint density at radius 3 is 2.17 bits per heavy atom. The summed E-state index contributed by atoms with van der Waals surface area (Å²) in [6, 6.07) is 0. The van der Waals surface area contributed by atoms with Gasteiger partial charge in [-0.2, -0.15) is 0 Å². The highest BCUT2D eigenvalue weighted by Crippen LogP contribution is 2.27. The van der Waals surface area contributed by atoms with Crippen molar-refractivity contribution in [3.05, 3.63) is 0 Å². The molecule has 0 aliphatic heterocycles. The Labute approximate surface area is 76.6 Å². The van der Waals surface area contributed by atoms with E-state index >= 15 is 0 Å². The van der Waals surface area contributed by atoms with Crippen molar-refractivity contribution in [3.63, 3.8) is 0 Å². The van der Waals surface area contributed by atoms with E-state index in [-0.39, 0.29) is 11.3 Å². The van der Waals surface area contributed by atoms with Gasteiger partial charge in [0.1, 0.15) is 5.78 Å². The van der Waals surface area contributed by atoms with Crippen LogP contribution >= 0.6 is 0 Å². The number of carbonyl (C=O) groups excluding carboxylic acids is 1. The lowest BCUT2D eigenvalue weighted by molar-refractivity contribution is -0.130. The van der Waals surface area contributed by atoms with Gasteiger partial charge in [-0.05, 0) is 6.42 Å². The molecule has 0 aromatic rings. The number of unbranched alkanes of at least 4 members (excludes halogenated alkanes) is 1. The summed E-state index contributed by atoms with van der Waals surface area (Å²) in [7, 11) is 0. The summed E-state index contributed by atoms with van der Waals surface area (Å²) in [6.07, 6.45) is 3.36. The molecular weight excluding hydrogens is 148 g/mol. The number of rotatable bonds is 5. The van der Waals surface area contributed by atoms with Crippen LogP contribution in [0.15, 0.2) is 0 Å². The third kappa shape index (κ3) is 3.38. The Hall–Kier alpha value is -0.330. The van der Waals surface area contributed by atoms with Crippen molar-refractivity contribution in [2.45, 2.75) is 53.9 Å². The van der Waals surface area contributed by atoms with Gasteiger partial charge < -0.3 is 0 Å². The van der Waals surface area contributed by atoms with E-state index in [1.807, 2.05) is 13.8 Å². The summed E-state index contributed by atoms with van der Waals surface area (Å²) >= 11 is 0. The minimum atomic E-state index is -0.107. The molecule has 0 rings (SSSR count). The zero-order valence-corrected chi connectivity index (χ0v) is 9.11. The first kappa shape index (κ1) is 11.7. The molecule has 0 bridgehead atoms. The molecule has 0 atom stereocenters. The molecule has 0 spiro atoms. The summed E-state index contributed by atoms with van der Waals surface area (Å²) < 4.78 is 0. The van der Waals surface area contributed by atoms with Gasteiger partial charge >= 0.3 is 0 Å². The van der Waals surface area contributed by atoms with Gasteiger partial charge in [-0.3, -0.25) is 4.79 Å². The SMILES string of the molecule is CCCCC(C)(C)C(=O)C(C)C. The topological polar surface area (TPSA) is 17.1 Å². The summed E-state index contributed by atoms with van der Waals surface area (Å²) in [6.45, 7) is 10.2. The number of Topliss-reactive ketones (excluding diaryl/α,β-unsaturated/α-hetero) is 1. The maximum absolute atomic E-state index is 11.7. The first-order valence-corrected chi connectivity index (χ1v) is 4.96. The van der Waals surface area contributed by atoms with E-state index < -0.39 is 0 Å². The summed E-state index contributed by atoms with van der Waals surface area (Å²) in [5.41, 5.74) is -0.107. The van der Waals surface area contributed by atoms with Crippen molar-refractivity contribution in [2.75, 3.05) is 0 Å². The molecule has 0 aromatic carbocycles. The summed E-state index contributed by atoms with van der Waals surface area (Å²) in [5, 5.41) is 0. The second kappa shape index (κ2) is 4.64. The zero-order chi connectivity index (χ0) is 9.78. The third-order valence-corrected chi connectivity index (χ3v) is 2.35. The molecular formula is C11H22O. The molecule has 0 aliphatic carbocycles. The molecule has 0 aliphatic rings. The molecule has 0 saturated carbocycles. The maximum atomic E-state index is 11.7. The van der Waals surface area contributed by atoms with Crippen molar-refractivity contribution >= 4 is 5.78 Å². The molecule has 0 fully saturated rings. The van der Waals surface area contributed by atoms with Crippen LogP contribution in [0.5, 0.6) is 0 Å². The van der Waals surface area contributed by atoms with Gasteiger partial charge in [0.25, 0.3) is 0 Å². The van der Waals surface area contributed by atoms with Gasteiger partial charge in [0.05, 0.1) is 0 Å². The summed E-state index contributed by atoms with van der Waals surface area (Å²) in [5.74, 6) is 0.577. The second-order valence-corrected chi connectivity index (χ2v) is 4.51. The molecule has 0 heterocycles. The van der Waals surface area contributed by atoms with Crippen molar-refractivity contribution < 1.29 is 4.79 Å². The van der Waals surface area contributed by atoms with Gasteiger partial charge in [-0.1, -0.05) is 47.5 Å². The number of hydrogen-bond donors (Lipinski definition) is 0. The average Bonchev–Trinajstić information content (AvgIpc) is 1.99. The van der Waals surface area contributed by atoms with Crippen LogP contribution in [0.4, 0.5) is 0 Å². The predicted molar refractivity (Wildman–Crippen MR) is 53.2 cm³/mol. The van der Waals surface area contributed by atoms with E-state index in [0.29, 0.717) is 5.78 Å². The monoisotopic (exact) mass is 170 g/mol. The fourth-order valence-electron chi connectivity index (χ4n) is 1.52. The highest BCUT2D eigenvalue weighted by molar-refractivity contribution is 5.85. The molecule has 1 nitrogen and oxygen atoms in total. The Morgan fingerprint density at radius 1 is 1.33 bits per heavy atom. The molecule has 0 unspecified atom stereocenters. The van der Waals surface area contributed by atoms with E-state index in [2.05, 4.69) is 20.8 Å². The van der Waals surface area contributed by atoms with E-state index in [0.717, 1.165) is 12.8 Å². The van der Waals surface area contributed by atoms with Gasteiger partial charge in [-0.15, -0.1) is 0 Å². The Morgan fingerprint density at radius 2 is 1.83 bits per heavy atom. The van der Waals surface area contributed by atoms with Crippen molar-refractivity contribution in [1.29, 1.82) is 0 Å². The first-order chi connectivity index (χ1) is 5.41. The largest absolute Gasteiger partial charge is 0.299 e. The van der Waals surface area contributed by atoms with Gasteiger partial charge in [0.2, 0.25) is 0 Å². The number of carbonyl (C=O) groups is 1. The number of ketones is 1. The van der Waals surface area contributed by atoms with Crippen molar-refractivity contribution in [1.82, 2.24) is 0 Å². The maximum Gasteiger partial charge on any atom is 0.140 e. The molecule has 0 radical (unpaired) electrons. The Bertz CT molecular complexity index is 145. The van der Waals surface area contributed by atoms with Gasteiger partial charge in [0.15, 0.2) is 0 Å². The van der Waals surface area contributed by atoms with E-state index in [1.54, 1.807) is 0 Å². The van der Waals surface area contributed by atoms with Crippen LogP contribution in [0.25, 0.3) is 0 Å². The third-order valence-electron chi connectivity index (χ3n) is 2.35. The second-order valence-electron chi connectivity index (χ2n) is 4.51. The molecule has 1 heteroatoms. The lowest BCUT2D eigenvalue weighted by Crippen LogP contribution is -2.28. The van der Waals surface area contributed by atoms with Crippen LogP contribution in [0.1, 0.15) is 53.9 Å². The summed E-state index contributed by atoms with van der Waals surface area (Å²) in [4.78, 5) is 11.7. The lowest BCUT2D eigenvalue weighted by Gasteiger charge is -2.24.